The highest BCUT2D eigenvalue weighted by Gasteiger charge is 2.18. The van der Waals surface area contributed by atoms with Crippen molar-refractivity contribution in [2.45, 2.75) is 6.04 Å². The molecule has 0 aliphatic rings. The van der Waals surface area contributed by atoms with Crippen LogP contribution in [0.25, 0.3) is 10.8 Å². The molecule has 0 spiro atoms. The highest BCUT2D eigenvalue weighted by atomic mass is 35.5. The van der Waals surface area contributed by atoms with E-state index in [1.807, 2.05) is 36.5 Å². The van der Waals surface area contributed by atoms with E-state index in [9.17, 15) is 0 Å². The average molecular weight is 274 g/mol. The van der Waals surface area contributed by atoms with Gasteiger partial charge in [0.1, 0.15) is 11.8 Å². The lowest BCUT2D eigenvalue weighted by molar-refractivity contribution is 0.455. The molecular weight excluding hydrogens is 262 g/mol. The van der Waals surface area contributed by atoms with Crippen molar-refractivity contribution in [3.63, 3.8) is 0 Å². The van der Waals surface area contributed by atoms with Gasteiger partial charge in [-0.15, -0.1) is 0 Å². The van der Waals surface area contributed by atoms with E-state index in [1.165, 1.54) is 0 Å². The molecule has 4 nitrogen and oxygen atoms in total. The van der Waals surface area contributed by atoms with Crippen LogP contribution < -0.4 is 11.3 Å². The Morgan fingerprint density at radius 2 is 2.11 bits per heavy atom. The van der Waals surface area contributed by atoms with E-state index in [1.54, 1.807) is 12.3 Å². The van der Waals surface area contributed by atoms with Gasteiger partial charge in [0.25, 0.3) is 0 Å². The monoisotopic (exact) mass is 273 g/mol. The Hall–Kier alpha value is -1.88. The van der Waals surface area contributed by atoms with Gasteiger partial charge in [0.05, 0.1) is 0 Å². The molecule has 5 heteroatoms. The summed E-state index contributed by atoms with van der Waals surface area (Å²) in [6, 6.07) is 11.2. The van der Waals surface area contributed by atoms with Crippen molar-refractivity contribution in [2.24, 2.45) is 5.84 Å². The number of hydrazine groups is 1. The number of nitrogens with zero attached hydrogens (tertiary/aromatic N) is 1. The summed E-state index contributed by atoms with van der Waals surface area (Å²) in [4.78, 5) is 4.16. The van der Waals surface area contributed by atoms with Gasteiger partial charge in [-0.2, -0.15) is 0 Å². The van der Waals surface area contributed by atoms with E-state index >= 15 is 0 Å². The minimum absolute atomic E-state index is 0.264. The molecule has 19 heavy (non-hydrogen) atoms. The summed E-state index contributed by atoms with van der Waals surface area (Å²) >= 11 is 5.82. The summed E-state index contributed by atoms with van der Waals surface area (Å²) in [5, 5.41) is 2.47. The Morgan fingerprint density at radius 1 is 1.21 bits per heavy atom. The highest BCUT2D eigenvalue weighted by molar-refractivity contribution is 6.28. The number of aromatic nitrogens is 1. The zero-order valence-corrected chi connectivity index (χ0v) is 10.8. The van der Waals surface area contributed by atoms with Gasteiger partial charge in [-0.3, -0.25) is 10.8 Å². The van der Waals surface area contributed by atoms with Gasteiger partial charge >= 0.3 is 0 Å². The molecule has 0 saturated carbocycles. The largest absolute Gasteiger partial charge is 0.448 e. The standard InChI is InChI=1S/C14H12ClN3O/c15-13-5-4-12(19-13)14(18-16)10-3-1-2-9-6-7-17-8-11(9)10/h1-8,14,18H,16H2. The summed E-state index contributed by atoms with van der Waals surface area (Å²) in [5.74, 6) is 6.33. The summed E-state index contributed by atoms with van der Waals surface area (Å²) in [7, 11) is 0. The number of furan rings is 1. The third-order valence-corrected chi connectivity index (χ3v) is 3.28. The van der Waals surface area contributed by atoms with Gasteiger partial charge in [0.15, 0.2) is 5.22 Å². The summed E-state index contributed by atoms with van der Waals surface area (Å²) < 4.78 is 5.44. The molecule has 0 bridgehead atoms. The number of fused-ring (bicyclic) bond motifs is 1. The maximum atomic E-state index is 5.82. The predicted molar refractivity (Wildman–Crippen MR) is 74.6 cm³/mol. The number of nitrogens with one attached hydrogen (secondary N) is 1. The van der Waals surface area contributed by atoms with Crippen LogP contribution in [-0.4, -0.2) is 4.98 Å². The van der Waals surface area contributed by atoms with Crippen molar-refractivity contribution < 1.29 is 4.42 Å². The zero-order valence-electron chi connectivity index (χ0n) is 10.0. The molecule has 1 aromatic carbocycles. The second kappa shape index (κ2) is 5.01. The van der Waals surface area contributed by atoms with E-state index in [0.717, 1.165) is 16.3 Å². The molecule has 1 atom stereocenters. The fraction of sp³-hybridized carbons (Fsp3) is 0.0714. The van der Waals surface area contributed by atoms with Crippen LogP contribution in [-0.2, 0) is 0 Å². The Kier molecular flexibility index (Phi) is 3.21. The quantitative estimate of drug-likeness (QED) is 0.569. The SMILES string of the molecule is NNC(c1ccc(Cl)o1)c1cccc2ccncc12. The number of hydrogen-bond donors (Lipinski definition) is 2. The van der Waals surface area contributed by atoms with Gasteiger partial charge in [-0.05, 0) is 40.7 Å². The number of nitrogens with two attached hydrogens (primary N) is 1. The van der Waals surface area contributed by atoms with Gasteiger partial charge in [0.2, 0.25) is 0 Å². The summed E-state index contributed by atoms with van der Waals surface area (Å²) in [6.07, 6.45) is 3.58. The van der Waals surface area contributed by atoms with Crippen molar-refractivity contribution in [1.82, 2.24) is 10.4 Å². The molecule has 1 unspecified atom stereocenters. The lowest BCUT2D eigenvalue weighted by Gasteiger charge is -2.15. The van der Waals surface area contributed by atoms with Crippen LogP contribution in [0.5, 0.6) is 0 Å². The molecule has 96 valence electrons. The van der Waals surface area contributed by atoms with Gasteiger partial charge < -0.3 is 4.42 Å². The molecule has 2 aromatic heterocycles. The molecule has 0 fully saturated rings. The smallest absolute Gasteiger partial charge is 0.193 e. The summed E-state index contributed by atoms with van der Waals surface area (Å²) in [5.41, 5.74) is 3.76. The Balaban J connectivity index is 2.16. The van der Waals surface area contributed by atoms with Crippen LogP contribution >= 0.6 is 11.6 Å². The Morgan fingerprint density at radius 3 is 2.84 bits per heavy atom. The van der Waals surface area contributed by atoms with E-state index in [2.05, 4.69) is 10.4 Å². The molecule has 2 heterocycles. The van der Waals surface area contributed by atoms with Crippen molar-refractivity contribution >= 4 is 22.4 Å². The van der Waals surface area contributed by atoms with E-state index in [0.29, 0.717) is 11.0 Å². The molecule has 0 aliphatic carbocycles. The Labute approximate surface area is 115 Å². The average Bonchev–Trinajstić information content (AvgIpc) is 2.86. The van der Waals surface area contributed by atoms with Gasteiger partial charge in [-0.1, -0.05) is 18.2 Å². The molecular formula is C14H12ClN3O. The molecule has 0 aliphatic heterocycles. The molecule has 0 radical (unpaired) electrons. The first-order valence-corrected chi connectivity index (χ1v) is 6.21. The number of rotatable bonds is 3. The van der Waals surface area contributed by atoms with Crippen molar-refractivity contribution in [3.05, 3.63) is 65.3 Å². The van der Waals surface area contributed by atoms with Crippen LogP contribution in [0.3, 0.4) is 0 Å². The maximum absolute atomic E-state index is 5.82. The molecule has 0 amide bonds. The summed E-state index contributed by atoms with van der Waals surface area (Å²) in [6.45, 7) is 0. The van der Waals surface area contributed by atoms with Crippen LogP contribution in [0.4, 0.5) is 0 Å². The number of pyridine rings is 1. The topological polar surface area (TPSA) is 64.1 Å². The third-order valence-electron chi connectivity index (χ3n) is 3.07. The van der Waals surface area contributed by atoms with Crippen molar-refractivity contribution in [2.75, 3.05) is 0 Å². The third kappa shape index (κ3) is 2.21. The van der Waals surface area contributed by atoms with E-state index < -0.39 is 0 Å². The van der Waals surface area contributed by atoms with Crippen molar-refractivity contribution in [1.29, 1.82) is 0 Å². The molecule has 3 aromatic rings. The predicted octanol–water partition coefficient (Wildman–Crippen LogP) is 3.03. The normalized spacial score (nSPS) is 12.7. The minimum Gasteiger partial charge on any atom is -0.448 e. The van der Waals surface area contributed by atoms with Gasteiger partial charge in [0, 0.05) is 17.8 Å². The fourth-order valence-electron chi connectivity index (χ4n) is 2.20. The number of halogens is 1. The van der Waals surface area contributed by atoms with Crippen LogP contribution in [0.15, 0.2) is 53.2 Å². The second-order valence-corrected chi connectivity index (χ2v) is 4.56. The number of hydrogen-bond acceptors (Lipinski definition) is 4. The molecule has 3 rings (SSSR count). The first kappa shape index (κ1) is 12.2. The lowest BCUT2D eigenvalue weighted by atomic mass is 9.99. The zero-order chi connectivity index (χ0) is 13.2. The molecule has 3 N–H and O–H groups in total. The highest BCUT2D eigenvalue weighted by Crippen LogP contribution is 2.29. The minimum atomic E-state index is -0.264. The molecule has 0 saturated heterocycles. The first-order valence-electron chi connectivity index (χ1n) is 5.83. The van der Waals surface area contributed by atoms with Crippen LogP contribution in [0, 0.1) is 0 Å². The Bertz CT molecular complexity index is 705. The second-order valence-electron chi connectivity index (χ2n) is 4.19. The van der Waals surface area contributed by atoms with Crippen molar-refractivity contribution in [3.8, 4) is 0 Å². The lowest BCUT2D eigenvalue weighted by Crippen LogP contribution is -2.28. The number of benzene rings is 1. The van der Waals surface area contributed by atoms with E-state index in [-0.39, 0.29) is 6.04 Å². The first-order chi connectivity index (χ1) is 9.29. The van der Waals surface area contributed by atoms with Crippen LogP contribution in [0.2, 0.25) is 5.22 Å². The fourth-order valence-corrected chi connectivity index (χ4v) is 2.35. The van der Waals surface area contributed by atoms with Gasteiger partial charge in [-0.25, -0.2) is 5.43 Å². The van der Waals surface area contributed by atoms with E-state index in [4.69, 9.17) is 21.9 Å². The van der Waals surface area contributed by atoms with Crippen LogP contribution in [0.1, 0.15) is 17.4 Å². The maximum Gasteiger partial charge on any atom is 0.193 e.